The standard InChI is InChI=1S/C36H27O7P/c37-28-13-7-10-25(22-28)31-16-1-4-19-34(31)41-44(40,42-35-20-5-2-17-32(35)26-11-8-14-29(38)23-26)43-36-21-6-3-18-33(36)27-12-9-15-30(39)24-27/h1-24,37-39H. The van der Waals surface area contributed by atoms with Gasteiger partial charge in [-0.3, -0.25) is 0 Å². The van der Waals surface area contributed by atoms with E-state index in [4.69, 9.17) is 13.6 Å². The van der Waals surface area contributed by atoms with Crippen LogP contribution in [0.2, 0.25) is 0 Å². The van der Waals surface area contributed by atoms with Crippen molar-refractivity contribution in [1.29, 1.82) is 0 Å². The fraction of sp³-hybridized carbons (Fsp3) is 0. The normalized spacial score (nSPS) is 11.1. The second-order valence-corrected chi connectivity index (χ2v) is 11.3. The zero-order valence-electron chi connectivity index (χ0n) is 23.3. The van der Waals surface area contributed by atoms with Gasteiger partial charge >= 0.3 is 7.82 Å². The van der Waals surface area contributed by atoms with E-state index in [0.29, 0.717) is 33.4 Å². The molecule has 3 N–H and O–H groups in total. The molecule has 0 amide bonds. The summed E-state index contributed by atoms with van der Waals surface area (Å²) in [5, 5.41) is 30.4. The van der Waals surface area contributed by atoms with E-state index in [0.717, 1.165) is 0 Å². The highest BCUT2D eigenvalue weighted by molar-refractivity contribution is 7.49. The minimum Gasteiger partial charge on any atom is -0.508 e. The highest BCUT2D eigenvalue weighted by atomic mass is 31.2. The van der Waals surface area contributed by atoms with Crippen molar-refractivity contribution in [3.63, 3.8) is 0 Å². The lowest BCUT2D eigenvalue weighted by Crippen LogP contribution is -2.09. The number of phosphoric ester groups is 1. The molecular formula is C36H27O7P. The maximum atomic E-state index is 14.9. The Morgan fingerprint density at radius 1 is 0.386 bits per heavy atom. The zero-order chi connectivity index (χ0) is 30.5. The average Bonchev–Trinajstić information content (AvgIpc) is 3.02. The van der Waals surface area contributed by atoms with E-state index in [1.165, 1.54) is 0 Å². The van der Waals surface area contributed by atoms with Gasteiger partial charge < -0.3 is 28.9 Å². The summed E-state index contributed by atoms with van der Waals surface area (Å²) in [7, 11) is -4.55. The molecule has 7 nitrogen and oxygen atoms in total. The Kier molecular flexibility index (Phi) is 7.96. The molecule has 44 heavy (non-hydrogen) atoms. The molecule has 0 heterocycles. The molecule has 0 fully saturated rings. The second-order valence-electron chi connectivity index (χ2n) is 9.86. The van der Waals surface area contributed by atoms with Crippen LogP contribution in [0.25, 0.3) is 33.4 Å². The Morgan fingerprint density at radius 3 is 0.977 bits per heavy atom. The maximum Gasteiger partial charge on any atom is 0.647 e. The topological polar surface area (TPSA) is 105 Å². The fourth-order valence-corrected chi connectivity index (χ4v) is 6.10. The van der Waals surface area contributed by atoms with Crippen LogP contribution in [0.15, 0.2) is 146 Å². The van der Waals surface area contributed by atoms with Crippen LogP contribution in [0, 0.1) is 0 Å². The van der Waals surface area contributed by atoms with E-state index in [1.807, 2.05) is 0 Å². The molecule has 0 unspecified atom stereocenters. The van der Waals surface area contributed by atoms with Crippen molar-refractivity contribution in [2.24, 2.45) is 0 Å². The number of benzene rings is 6. The van der Waals surface area contributed by atoms with Gasteiger partial charge in [-0.2, -0.15) is 4.57 Å². The van der Waals surface area contributed by atoms with Crippen molar-refractivity contribution < 1.29 is 33.5 Å². The van der Waals surface area contributed by atoms with Crippen LogP contribution < -0.4 is 13.6 Å². The third-order valence-electron chi connectivity index (χ3n) is 6.76. The summed E-state index contributed by atoms with van der Waals surface area (Å²) < 4.78 is 33.4. The highest BCUT2D eigenvalue weighted by Crippen LogP contribution is 2.54. The molecule has 0 spiro atoms. The van der Waals surface area contributed by atoms with Gasteiger partial charge in [0.05, 0.1) is 0 Å². The molecule has 0 atom stereocenters. The van der Waals surface area contributed by atoms with E-state index in [9.17, 15) is 19.9 Å². The Balaban J connectivity index is 1.46. The van der Waals surface area contributed by atoms with Gasteiger partial charge in [-0.15, -0.1) is 0 Å². The van der Waals surface area contributed by atoms with Crippen LogP contribution >= 0.6 is 7.82 Å². The minimum absolute atomic E-state index is 0.0630. The van der Waals surface area contributed by atoms with Crippen molar-refractivity contribution in [3.8, 4) is 67.9 Å². The number of phenolic OH excluding ortho intramolecular Hbond substituents is 3. The van der Waals surface area contributed by atoms with E-state index < -0.39 is 7.82 Å². The second kappa shape index (κ2) is 12.3. The van der Waals surface area contributed by atoms with Crippen molar-refractivity contribution >= 4 is 7.82 Å². The van der Waals surface area contributed by atoms with Crippen LogP contribution in [0.4, 0.5) is 0 Å². The van der Waals surface area contributed by atoms with Gasteiger partial charge in [-0.1, -0.05) is 91.0 Å². The van der Waals surface area contributed by atoms with E-state index in [1.54, 1.807) is 146 Å². The van der Waals surface area contributed by atoms with Gasteiger partial charge in [0.2, 0.25) is 0 Å². The molecule has 8 heteroatoms. The summed E-state index contributed by atoms with van der Waals surface area (Å²) in [6, 6.07) is 40.7. The summed E-state index contributed by atoms with van der Waals surface area (Å²) in [5.41, 5.74) is 3.56. The predicted octanol–water partition coefficient (Wildman–Crippen LogP) is 9.45. The molecule has 0 radical (unpaired) electrons. The van der Waals surface area contributed by atoms with Gasteiger partial charge in [0, 0.05) is 16.7 Å². The summed E-state index contributed by atoms with van der Waals surface area (Å²) in [6.07, 6.45) is 0. The smallest absolute Gasteiger partial charge is 0.508 e. The third kappa shape index (κ3) is 6.38. The van der Waals surface area contributed by atoms with Crippen LogP contribution in [0.5, 0.6) is 34.5 Å². The van der Waals surface area contributed by atoms with Crippen molar-refractivity contribution in [2.75, 3.05) is 0 Å². The van der Waals surface area contributed by atoms with Crippen molar-refractivity contribution in [3.05, 3.63) is 146 Å². The lowest BCUT2D eigenvalue weighted by molar-refractivity contribution is 0.299. The lowest BCUT2D eigenvalue weighted by Gasteiger charge is -2.23. The highest BCUT2D eigenvalue weighted by Gasteiger charge is 2.36. The van der Waals surface area contributed by atoms with Crippen molar-refractivity contribution in [2.45, 2.75) is 0 Å². The number of hydrogen-bond donors (Lipinski definition) is 3. The van der Waals surface area contributed by atoms with Gasteiger partial charge in [0.1, 0.15) is 34.5 Å². The van der Waals surface area contributed by atoms with Gasteiger partial charge in [-0.05, 0) is 71.3 Å². The maximum absolute atomic E-state index is 14.9. The van der Waals surface area contributed by atoms with E-state index >= 15 is 0 Å². The zero-order valence-corrected chi connectivity index (χ0v) is 24.2. The first-order valence-corrected chi connectivity index (χ1v) is 15.2. The molecule has 6 aromatic rings. The molecule has 0 bridgehead atoms. The summed E-state index contributed by atoms with van der Waals surface area (Å²) in [6.45, 7) is 0. The first kappa shape index (κ1) is 28.5. The van der Waals surface area contributed by atoms with Gasteiger partial charge in [0.25, 0.3) is 0 Å². The molecule has 0 saturated carbocycles. The number of aromatic hydroxyl groups is 3. The lowest BCUT2D eigenvalue weighted by atomic mass is 10.0. The molecule has 0 saturated heterocycles. The number of rotatable bonds is 9. The first-order chi connectivity index (χ1) is 21.4. The van der Waals surface area contributed by atoms with Crippen molar-refractivity contribution in [1.82, 2.24) is 0 Å². The van der Waals surface area contributed by atoms with Crippen LogP contribution in [-0.4, -0.2) is 15.3 Å². The fourth-order valence-electron chi connectivity index (χ4n) is 4.79. The molecule has 0 aromatic heterocycles. The Hall–Kier alpha value is -5.65. The Morgan fingerprint density at radius 2 is 0.682 bits per heavy atom. The first-order valence-electron chi connectivity index (χ1n) is 13.7. The molecule has 0 aliphatic carbocycles. The molecule has 6 rings (SSSR count). The van der Waals surface area contributed by atoms with E-state index in [-0.39, 0.29) is 34.5 Å². The largest absolute Gasteiger partial charge is 0.647 e. The Bertz CT molecular complexity index is 1760. The minimum atomic E-state index is -4.55. The number of phenols is 3. The predicted molar refractivity (Wildman–Crippen MR) is 170 cm³/mol. The molecule has 218 valence electrons. The summed E-state index contributed by atoms with van der Waals surface area (Å²) >= 11 is 0. The molecule has 6 aromatic carbocycles. The monoisotopic (exact) mass is 602 g/mol. The van der Waals surface area contributed by atoms with Crippen LogP contribution in [0.1, 0.15) is 0 Å². The average molecular weight is 603 g/mol. The van der Waals surface area contributed by atoms with Gasteiger partial charge in [-0.25, -0.2) is 0 Å². The SMILES string of the molecule is O=P(Oc1ccccc1-c1cccc(O)c1)(Oc1ccccc1-c1cccc(O)c1)Oc1ccccc1-c1cccc(O)c1. The number of phosphoric acid groups is 1. The number of hydrogen-bond acceptors (Lipinski definition) is 7. The van der Waals surface area contributed by atoms with Crippen LogP contribution in [0.3, 0.4) is 0 Å². The third-order valence-corrected chi connectivity index (χ3v) is 8.02. The molecule has 0 aliphatic rings. The summed E-state index contributed by atoms with van der Waals surface area (Å²) in [4.78, 5) is 0. The van der Waals surface area contributed by atoms with E-state index in [2.05, 4.69) is 0 Å². The summed E-state index contributed by atoms with van der Waals surface area (Å²) in [5.74, 6) is 0.789. The number of para-hydroxylation sites is 3. The van der Waals surface area contributed by atoms with Gasteiger partial charge in [0.15, 0.2) is 0 Å². The molecule has 0 aliphatic heterocycles. The Labute approximate surface area is 254 Å². The molecular weight excluding hydrogens is 575 g/mol. The van der Waals surface area contributed by atoms with Crippen LogP contribution in [-0.2, 0) is 4.57 Å². The quantitative estimate of drug-likeness (QED) is 0.142.